The van der Waals surface area contributed by atoms with Crippen LogP contribution in [0.4, 0.5) is 5.69 Å². The van der Waals surface area contributed by atoms with Crippen LogP contribution in [0, 0.1) is 18.8 Å². The molecule has 164 valence electrons. The molecule has 1 aliphatic rings. The summed E-state index contributed by atoms with van der Waals surface area (Å²) in [5.74, 6) is 0.358. The molecule has 0 radical (unpaired) electrons. The molecule has 8 heteroatoms. The van der Waals surface area contributed by atoms with Crippen LogP contribution >= 0.6 is 11.6 Å². The molecule has 3 amide bonds. The van der Waals surface area contributed by atoms with E-state index in [-0.39, 0.29) is 24.2 Å². The van der Waals surface area contributed by atoms with Gasteiger partial charge in [0.2, 0.25) is 11.8 Å². The first-order valence-corrected chi connectivity index (χ1v) is 10.6. The van der Waals surface area contributed by atoms with Gasteiger partial charge in [0.15, 0.2) is 0 Å². The van der Waals surface area contributed by atoms with Crippen LogP contribution in [-0.2, 0) is 9.59 Å². The molecule has 2 unspecified atom stereocenters. The number of nitrogens with one attached hydrogen (secondary N) is 3. The summed E-state index contributed by atoms with van der Waals surface area (Å²) in [6, 6.07) is 11.9. The number of hydrogen-bond donors (Lipinski definition) is 3. The minimum Gasteiger partial charge on any atom is -0.493 e. The highest BCUT2D eigenvalue weighted by Crippen LogP contribution is 2.38. The highest BCUT2D eigenvalue weighted by atomic mass is 35.5. The van der Waals surface area contributed by atoms with Crippen LogP contribution in [0.5, 0.6) is 5.75 Å². The summed E-state index contributed by atoms with van der Waals surface area (Å²) in [7, 11) is 0. The van der Waals surface area contributed by atoms with Crippen molar-refractivity contribution in [2.45, 2.75) is 33.1 Å². The number of hydrazine groups is 1. The number of benzene rings is 2. The first-order chi connectivity index (χ1) is 14.8. The zero-order valence-corrected chi connectivity index (χ0v) is 18.3. The van der Waals surface area contributed by atoms with Crippen molar-refractivity contribution in [2.24, 2.45) is 11.8 Å². The fraction of sp³-hybridized carbons (Fsp3) is 0.348. The van der Waals surface area contributed by atoms with Crippen molar-refractivity contribution in [3.8, 4) is 5.75 Å². The number of anilines is 1. The van der Waals surface area contributed by atoms with Crippen LogP contribution in [-0.4, -0.2) is 24.3 Å². The lowest BCUT2D eigenvalue weighted by Gasteiger charge is -2.11. The maximum absolute atomic E-state index is 12.3. The molecule has 3 N–H and O–H groups in total. The van der Waals surface area contributed by atoms with E-state index in [1.165, 1.54) is 0 Å². The third-order valence-electron chi connectivity index (χ3n) is 5.10. The van der Waals surface area contributed by atoms with E-state index in [4.69, 9.17) is 16.3 Å². The van der Waals surface area contributed by atoms with Gasteiger partial charge in [-0.15, -0.1) is 0 Å². The van der Waals surface area contributed by atoms with Crippen molar-refractivity contribution in [3.63, 3.8) is 0 Å². The average molecular weight is 444 g/mol. The molecule has 0 bridgehead atoms. The Kier molecular flexibility index (Phi) is 7.52. The standard InChI is InChI=1S/C23H26ClN3O4/c1-14-12-19(14)23(30)25-18-6-3-5-16(13-18)22(29)27-26-21(28)7-4-10-31-20-9-8-17(24)11-15(20)2/h3,5-6,8-9,11,13-14,19H,4,7,10,12H2,1-2H3,(H,25,30)(H,26,28)(H,27,29). The molecule has 1 saturated carbocycles. The Bertz CT molecular complexity index is 979. The first kappa shape index (κ1) is 22.6. The lowest BCUT2D eigenvalue weighted by atomic mass is 10.2. The Hall–Kier alpha value is -3.06. The number of aryl methyl sites for hydroxylation is 1. The van der Waals surface area contributed by atoms with E-state index >= 15 is 0 Å². The highest BCUT2D eigenvalue weighted by Gasteiger charge is 2.39. The van der Waals surface area contributed by atoms with Crippen LogP contribution in [0.3, 0.4) is 0 Å². The number of rotatable bonds is 8. The molecule has 2 atom stereocenters. The lowest BCUT2D eigenvalue weighted by molar-refractivity contribution is -0.122. The number of ether oxygens (including phenoxy) is 1. The molecule has 0 heterocycles. The molecule has 0 aromatic heterocycles. The number of hydrogen-bond acceptors (Lipinski definition) is 4. The molecule has 3 rings (SSSR count). The molecule has 1 aliphatic carbocycles. The third kappa shape index (κ3) is 6.72. The maximum Gasteiger partial charge on any atom is 0.269 e. The normalized spacial score (nSPS) is 16.9. The van der Waals surface area contributed by atoms with E-state index in [2.05, 4.69) is 16.2 Å². The Balaban J connectivity index is 1.38. The SMILES string of the molecule is Cc1cc(Cl)ccc1OCCCC(=O)NNC(=O)c1cccc(NC(=O)C2CC2C)c1. The second-order valence-corrected chi connectivity index (χ2v) is 8.19. The number of carbonyl (C=O) groups is 3. The Morgan fingerprint density at radius 3 is 2.61 bits per heavy atom. The van der Waals surface area contributed by atoms with Gasteiger partial charge in [-0.2, -0.15) is 0 Å². The van der Waals surface area contributed by atoms with Crippen molar-refractivity contribution in [1.29, 1.82) is 0 Å². The van der Waals surface area contributed by atoms with Gasteiger partial charge in [0.1, 0.15) is 5.75 Å². The van der Waals surface area contributed by atoms with Crippen LogP contribution in [0.15, 0.2) is 42.5 Å². The van der Waals surface area contributed by atoms with Crippen molar-refractivity contribution in [1.82, 2.24) is 10.9 Å². The molecule has 0 aliphatic heterocycles. The van der Waals surface area contributed by atoms with E-state index < -0.39 is 5.91 Å². The second kappa shape index (κ2) is 10.3. The minimum atomic E-state index is -0.461. The predicted molar refractivity (Wildman–Crippen MR) is 119 cm³/mol. The predicted octanol–water partition coefficient (Wildman–Crippen LogP) is 3.86. The van der Waals surface area contributed by atoms with Crippen LogP contribution < -0.4 is 20.9 Å². The first-order valence-electron chi connectivity index (χ1n) is 10.2. The van der Waals surface area contributed by atoms with Crippen molar-refractivity contribution in [2.75, 3.05) is 11.9 Å². The van der Waals surface area contributed by atoms with Crippen molar-refractivity contribution >= 4 is 35.0 Å². The topological polar surface area (TPSA) is 96.5 Å². The summed E-state index contributed by atoms with van der Waals surface area (Å²) in [6.45, 7) is 4.29. The molecule has 2 aromatic rings. The Morgan fingerprint density at radius 2 is 1.90 bits per heavy atom. The Morgan fingerprint density at radius 1 is 1.13 bits per heavy atom. The zero-order chi connectivity index (χ0) is 22.4. The zero-order valence-electron chi connectivity index (χ0n) is 17.5. The van der Waals surface area contributed by atoms with E-state index in [0.29, 0.717) is 35.2 Å². The molecule has 0 spiro atoms. The van der Waals surface area contributed by atoms with Gasteiger partial charge in [-0.25, -0.2) is 0 Å². The van der Waals surface area contributed by atoms with Gasteiger partial charge in [-0.3, -0.25) is 25.2 Å². The van der Waals surface area contributed by atoms with Gasteiger partial charge in [0, 0.05) is 28.6 Å². The van der Waals surface area contributed by atoms with Crippen LogP contribution in [0.25, 0.3) is 0 Å². The fourth-order valence-corrected chi connectivity index (χ4v) is 3.34. The van der Waals surface area contributed by atoms with Gasteiger partial charge in [-0.1, -0.05) is 24.6 Å². The molecule has 0 saturated heterocycles. The summed E-state index contributed by atoms with van der Waals surface area (Å²) in [5.41, 5.74) is 6.60. The smallest absolute Gasteiger partial charge is 0.269 e. The van der Waals surface area contributed by atoms with Crippen molar-refractivity contribution < 1.29 is 19.1 Å². The van der Waals surface area contributed by atoms with Gasteiger partial charge in [-0.05, 0) is 67.6 Å². The van der Waals surface area contributed by atoms with Crippen LogP contribution in [0.1, 0.15) is 42.1 Å². The number of halogens is 1. The quantitative estimate of drug-likeness (QED) is 0.426. The van der Waals surface area contributed by atoms with Gasteiger partial charge in [0.25, 0.3) is 5.91 Å². The lowest BCUT2D eigenvalue weighted by Crippen LogP contribution is -2.41. The molecular formula is C23H26ClN3O4. The number of carbonyl (C=O) groups excluding carboxylic acids is 3. The average Bonchev–Trinajstić information content (AvgIpc) is 3.47. The molecule has 31 heavy (non-hydrogen) atoms. The maximum atomic E-state index is 12.3. The number of amides is 3. The van der Waals surface area contributed by atoms with Gasteiger partial charge < -0.3 is 10.1 Å². The van der Waals surface area contributed by atoms with E-state index in [0.717, 1.165) is 17.7 Å². The van der Waals surface area contributed by atoms with E-state index in [1.807, 2.05) is 19.9 Å². The minimum absolute atomic E-state index is 0.0330. The highest BCUT2D eigenvalue weighted by molar-refractivity contribution is 6.30. The monoisotopic (exact) mass is 443 g/mol. The third-order valence-corrected chi connectivity index (χ3v) is 5.33. The molecular weight excluding hydrogens is 418 g/mol. The summed E-state index contributed by atoms with van der Waals surface area (Å²) < 4.78 is 5.65. The molecule has 7 nitrogen and oxygen atoms in total. The van der Waals surface area contributed by atoms with Gasteiger partial charge in [0.05, 0.1) is 6.61 Å². The second-order valence-electron chi connectivity index (χ2n) is 7.75. The van der Waals surface area contributed by atoms with Gasteiger partial charge >= 0.3 is 0 Å². The Labute approximate surface area is 186 Å². The van der Waals surface area contributed by atoms with Crippen LogP contribution in [0.2, 0.25) is 5.02 Å². The van der Waals surface area contributed by atoms with E-state index in [1.54, 1.807) is 36.4 Å². The van der Waals surface area contributed by atoms with E-state index in [9.17, 15) is 14.4 Å². The summed E-state index contributed by atoms with van der Waals surface area (Å²) in [6.07, 6.45) is 1.58. The summed E-state index contributed by atoms with van der Waals surface area (Å²) in [4.78, 5) is 36.3. The van der Waals surface area contributed by atoms with Crippen molar-refractivity contribution in [3.05, 3.63) is 58.6 Å². The molecule has 1 fully saturated rings. The largest absolute Gasteiger partial charge is 0.493 e. The summed E-state index contributed by atoms with van der Waals surface area (Å²) in [5, 5.41) is 3.47. The molecule has 2 aromatic carbocycles. The summed E-state index contributed by atoms with van der Waals surface area (Å²) >= 11 is 5.91. The fourth-order valence-electron chi connectivity index (χ4n) is 3.11.